The molecule has 0 spiro atoms. The summed E-state index contributed by atoms with van der Waals surface area (Å²) in [4.78, 5) is 16.5. The fraction of sp³-hybridized carbons (Fsp3) is 0.348. The van der Waals surface area contributed by atoms with Gasteiger partial charge in [0.15, 0.2) is 5.76 Å². The van der Waals surface area contributed by atoms with E-state index in [0.29, 0.717) is 18.8 Å². The molecular formula is C23H26N2O4. The van der Waals surface area contributed by atoms with Gasteiger partial charge in [0.05, 0.1) is 19.5 Å². The number of fused-ring (bicyclic) bond motifs is 1. The highest BCUT2D eigenvalue weighted by Crippen LogP contribution is 2.27. The van der Waals surface area contributed by atoms with Gasteiger partial charge in [-0.15, -0.1) is 0 Å². The number of hydrogen-bond acceptors (Lipinski definition) is 5. The highest BCUT2D eigenvalue weighted by atomic mass is 16.5. The van der Waals surface area contributed by atoms with Crippen molar-refractivity contribution in [3.05, 3.63) is 66.1 Å². The zero-order valence-corrected chi connectivity index (χ0v) is 16.7. The van der Waals surface area contributed by atoms with Crippen LogP contribution in [0.5, 0.6) is 5.75 Å². The van der Waals surface area contributed by atoms with Crippen LogP contribution in [0.1, 0.15) is 29.1 Å². The van der Waals surface area contributed by atoms with E-state index >= 15 is 0 Å². The number of carbonyl (C=O) groups excluding carboxylic acids is 1. The lowest BCUT2D eigenvalue weighted by atomic mass is 9.98. The monoisotopic (exact) mass is 394 g/mol. The Bertz CT molecular complexity index is 978. The summed E-state index contributed by atoms with van der Waals surface area (Å²) in [5, 5.41) is 13.1. The second kappa shape index (κ2) is 8.27. The van der Waals surface area contributed by atoms with E-state index in [0.717, 1.165) is 35.2 Å². The zero-order chi connectivity index (χ0) is 20.4. The van der Waals surface area contributed by atoms with Crippen LogP contribution < -0.4 is 4.74 Å². The summed E-state index contributed by atoms with van der Waals surface area (Å²) in [5.41, 5.74) is 0.893. The number of nitrogens with zero attached hydrogens (tertiary/aromatic N) is 2. The van der Waals surface area contributed by atoms with Gasteiger partial charge in [-0.2, -0.15) is 0 Å². The van der Waals surface area contributed by atoms with Gasteiger partial charge in [-0.05, 0) is 53.6 Å². The van der Waals surface area contributed by atoms with Crippen LogP contribution >= 0.6 is 0 Å². The minimum atomic E-state index is -0.603. The van der Waals surface area contributed by atoms with Crippen molar-refractivity contribution in [3.8, 4) is 5.75 Å². The van der Waals surface area contributed by atoms with Crippen molar-refractivity contribution < 1.29 is 19.1 Å². The fourth-order valence-electron chi connectivity index (χ4n) is 3.92. The molecule has 6 heteroatoms. The van der Waals surface area contributed by atoms with Gasteiger partial charge in [0.2, 0.25) is 0 Å². The highest BCUT2D eigenvalue weighted by Gasteiger charge is 2.29. The maximum Gasteiger partial charge on any atom is 0.289 e. The molecule has 6 nitrogen and oxygen atoms in total. The number of aliphatic hydroxyl groups excluding tert-OH is 1. The molecule has 29 heavy (non-hydrogen) atoms. The molecule has 0 aliphatic carbocycles. The summed E-state index contributed by atoms with van der Waals surface area (Å²) in [6, 6.07) is 15.3. The van der Waals surface area contributed by atoms with E-state index in [-0.39, 0.29) is 11.9 Å². The topological polar surface area (TPSA) is 66.2 Å². The molecule has 1 N–H and O–H groups in total. The third-order valence-electron chi connectivity index (χ3n) is 5.78. The molecule has 1 aliphatic rings. The molecule has 2 unspecified atom stereocenters. The summed E-state index contributed by atoms with van der Waals surface area (Å²) in [5.74, 6) is 1.12. The van der Waals surface area contributed by atoms with Gasteiger partial charge in [-0.3, -0.25) is 9.69 Å². The van der Waals surface area contributed by atoms with E-state index < -0.39 is 6.10 Å². The molecule has 1 aliphatic heterocycles. The van der Waals surface area contributed by atoms with Gasteiger partial charge < -0.3 is 19.2 Å². The van der Waals surface area contributed by atoms with Crippen molar-refractivity contribution in [2.75, 3.05) is 33.3 Å². The number of carbonyl (C=O) groups is 1. The number of rotatable bonds is 5. The first-order chi connectivity index (χ1) is 14.1. The minimum Gasteiger partial charge on any atom is -0.497 e. The van der Waals surface area contributed by atoms with E-state index in [1.165, 1.54) is 6.26 Å². The number of benzene rings is 2. The summed E-state index contributed by atoms with van der Waals surface area (Å²) in [6.07, 6.45) is 0.912. The Balaban J connectivity index is 1.41. The van der Waals surface area contributed by atoms with Crippen LogP contribution in [0.3, 0.4) is 0 Å². The lowest BCUT2D eigenvalue weighted by molar-refractivity contribution is 0.0234. The van der Waals surface area contributed by atoms with Gasteiger partial charge in [0.25, 0.3) is 5.91 Å². The molecule has 152 valence electrons. The van der Waals surface area contributed by atoms with E-state index in [9.17, 15) is 9.90 Å². The van der Waals surface area contributed by atoms with Crippen molar-refractivity contribution in [2.45, 2.75) is 19.1 Å². The van der Waals surface area contributed by atoms with Crippen molar-refractivity contribution in [1.29, 1.82) is 0 Å². The van der Waals surface area contributed by atoms with Gasteiger partial charge in [-0.25, -0.2) is 0 Å². The highest BCUT2D eigenvalue weighted by molar-refractivity contribution is 5.91. The second-order valence-corrected chi connectivity index (χ2v) is 7.46. The summed E-state index contributed by atoms with van der Waals surface area (Å²) < 4.78 is 10.5. The van der Waals surface area contributed by atoms with Crippen LogP contribution in [0.15, 0.2) is 59.2 Å². The normalized spacial score (nSPS) is 17.3. The first-order valence-electron chi connectivity index (χ1n) is 9.89. The second-order valence-electron chi connectivity index (χ2n) is 7.46. The predicted octanol–water partition coefficient (Wildman–Crippen LogP) is 3.32. The van der Waals surface area contributed by atoms with Crippen molar-refractivity contribution in [2.24, 2.45) is 0 Å². The van der Waals surface area contributed by atoms with Crippen LogP contribution in [0, 0.1) is 0 Å². The van der Waals surface area contributed by atoms with E-state index in [4.69, 9.17) is 9.15 Å². The Labute approximate surface area is 170 Å². The molecule has 0 radical (unpaired) electrons. The molecule has 2 heterocycles. The van der Waals surface area contributed by atoms with Crippen LogP contribution in [0.2, 0.25) is 0 Å². The number of amides is 1. The third kappa shape index (κ3) is 3.99. The molecule has 4 rings (SSSR count). The standard InChI is InChI=1S/C23H26N2O4/c1-16(24-9-11-25(12-10-24)23(27)21-4-3-13-29-21)22(26)19-6-5-18-15-20(28-2)8-7-17(18)14-19/h3-8,13-16,22,26H,9-12H2,1-2H3. The third-order valence-corrected chi connectivity index (χ3v) is 5.78. The molecule has 1 saturated heterocycles. The first kappa shape index (κ1) is 19.5. The number of methoxy groups -OCH3 is 1. The SMILES string of the molecule is COc1ccc2cc(C(O)C(C)N3CCN(C(=O)c4ccco4)CC3)ccc2c1. The largest absolute Gasteiger partial charge is 0.497 e. The average molecular weight is 394 g/mol. The number of ether oxygens (including phenoxy) is 1. The lowest BCUT2D eigenvalue weighted by Crippen LogP contribution is -2.52. The Morgan fingerprint density at radius 2 is 1.79 bits per heavy atom. The number of hydrogen-bond donors (Lipinski definition) is 1. The zero-order valence-electron chi connectivity index (χ0n) is 16.7. The Morgan fingerprint density at radius 1 is 1.07 bits per heavy atom. The van der Waals surface area contributed by atoms with Gasteiger partial charge in [0.1, 0.15) is 5.75 Å². The van der Waals surface area contributed by atoms with Gasteiger partial charge >= 0.3 is 0 Å². The predicted molar refractivity (Wildman–Crippen MR) is 111 cm³/mol. The molecule has 3 aromatic rings. The van der Waals surface area contributed by atoms with E-state index in [1.807, 2.05) is 43.3 Å². The van der Waals surface area contributed by atoms with Crippen molar-refractivity contribution in [3.63, 3.8) is 0 Å². The molecule has 2 aromatic carbocycles. The number of furan rings is 1. The van der Waals surface area contributed by atoms with Gasteiger partial charge in [0, 0.05) is 32.2 Å². The van der Waals surface area contributed by atoms with Crippen LogP contribution in [-0.2, 0) is 0 Å². The maximum absolute atomic E-state index is 12.4. The Morgan fingerprint density at radius 3 is 2.48 bits per heavy atom. The van der Waals surface area contributed by atoms with Gasteiger partial charge in [-0.1, -0.05) is 18.2 Å². The smallest absolute Gasteiger partial charge is 0.289 e. The molecule has 1 fully saturated rings. The molecular weight excluding hydrogens is 368 g/mol. The lowest BCUT2D eigenvalue weighted by Gasteiger charge is -2.39. The average Bonchev–Trinajstić information content (AvgIpc) is 3.32. The quantitative estimate of drug-likeness (QED) is 0.719. The fourth-order valence-corrected chi connectivity index (χ4v) is 3.92. The molecule has 0 saturated carbocycles. The van der Waals surface area contributed by atoms with Crippen LogP contribution in [0.4, 0.5) is 0 Å². The first-order valence-corrected chi connectivity index (χ1v) is 9.89. The van der Waals surface area contributed by atoms with Crippen LogP contribution in [0.25, 0.3) is 10.8 Å². The summed E-state index contributed by atoms with van der Waals surface area (Å²) >= 11 is 0. The molecule has 1 amide bonds. The van der Waals surface area contributed by atoms with Crippen LogP contribution in [-0.4, -0.2) is 60.1 Å². The maximum atomic E-state index is 12.4. The number of aliphatic hydroxyl groups is 1. The molecule has 0 bridgehead atoms. The molecule has 2 atom stereocenters. The minimum absolute atomic E-state index is 0.0495. The van der Waals surface area contributed by atoms with E-state index in [1.54, 1.807) is 24.1 Å². The van der Waals surface area contributed by atoms with Crippen molar-refractivity contribution >= 4 is 16.7 Å². The Hall–Kier alpha value is -2.83. The van der Waals surface area contributed by atoms with E-state index in [2.05, 4.69) is 4.90 Å². The number of piperazine rings is 1. The Kier molecular flexibility index (Phi) is 5.56. The molecule has 1 aromatic heterocycles. The summed E-state index contributed by atoms with van der Waals surface area (Å²) in [6.45, 7) is 4.71. The van der Waals surface area contributed by atoms with Crippen molar-refractivity contribution in [1.82, 2.24) is 9.80 Å². The summed E-state index contributed by atoms with van der Waals surface area (Å²) in [7, 11) is 1.66.